The second kappa shape index (κ2) is 11.7. The molecule has 0 aliphatic heterocycles. The summed E-state index contributed by atoms with van der Waals surface area (Å²) in [5.74, 6) is 0. The minimum Gasteiger partial charge on any atom is -0.728 e. The van der Waals surface area contributed by atoms with Crippen molar-refractivity contribution < 1.29 is 17.1 Å². The minimum absolute atomic E-state index is 0. The van der Waals surface area contributed by atoms with Crippen LogP contribution in [-0.4, -0.2) is 0 Å². The first kappa shape index (κ1) is 22.2. The van der Waals surface area contributed by atoms with E-state index in [-0.39, 0.29) is 17.1 Å². The van der Waals surface area contributed by atoms with Gasteiger partial charge in [-0.25, -0.2) is 44.2 Å². The molecule has 0 heterocycles. The number of rotatable bonds is 6. The molecule has 0 N–H and O–H groups in total. The second-order valence-electron chi connectivity index (χ2n) is 5.81. The van der Waals surface area contributed by atoms with Crippen LogP contribution >= 0.6 is 0 Å². The molecule has 2 aromatic carbocycles. The number of hydrogen-bond acceptors (Lipinski definition) is 0. The fourth-order valence-electron chi connectivity index (χ4n) is 3.69. The van der Waals surface area contributed by atoms with Gasteiger partial charge in [0.25, 0.3) is 0 Å². The van der Waals surface area contributed by atoms with Crippen LogP contribution in [-0.2, 0) is 55.6 Å². The third-order valence-electron chi connectivity index (χ3n) is 4.73. The Morgan fingerprint density at radius 1 is 0.478 bits per heavy atom. The van der Waals surface area contributed by atoms with Gasteiger partial charge in [0.05, 0.1) is 0 Å². The molecule has 1 heteroatoms. The van der Waals surface area contributed by atoms with Gasteiger partial charge in [-0.05, 0) is 0 Å². The molecule has 0 atom stereocenters. The Balaban J connectivity index is 0.000000509. The largest absolute Gasteiger partial charge is 0.728 e. The maximum atomic E-state index is 2.30. The molecule has 0 aromatic heterocycles. The Morgan fingerprint density at radius 3 is 0.870 bits per heavy atom. The molecule has 0 unspecified atom stereocenters. The molecule has 0 nitrogen and oxygen atoms in total. The molecular weight excluding hydrogens is 320 g/mol. The van der Waals surface area contributed by atoms with Crippen molar-refractivity contribution in [1.82, 2.24) is 0 Å². The SMILES string of the molecule is CC[c-]1[c-](CC)[c-](CC)[c-](CC)[c-]1CC.CC[c-]1cccc1.[Fe]. The number of aryl methyl sites for hydroxylation is 1. The summed E-state index contributed by atoms with van der Waals surface area (Å²) in [5.41, 5.74) is 9.73. The van der Waals surface area contributed by atoms with Crippen LogP contribution in [0.1, 0.15) is 74.9 Å². The molecule has 0 spiro atoms. The molecule has 0 saturated heterocycles. The quantitative estimate of drug-likeness (QED) is 0.429. The second-order valence-corrected chi connectivity index (χ2v) is 5.81. The summed E-state index contributed by atoms with van der Waals surface area (Å²) in [6, 6.07) is 8.41. The van der Waals surface area contributed by atoms with Crippen molar-refractivity contribution in [3.8, 4) is 0 Å². The molecule has 0 saturated carbocycles. The average Bonchev–Trinajstić information content (AvgIpc) is 3.18. The fraction of sp³-hybridized carbons (Fsp3) is 0.545. The summed E-state index contributed by atoms with van der Waals surface area (Å²) >= 11 is 0. The van der Waals surface area contributed by atoms with Crippen molar-refractivity contribution in [3.63, 3.8) is 0 Å². The van der Waals surface area contributed by atoms with E-state index < -0.39 is 0 Å². The van der Waals surface area contributed by atoms with Gasteiger partial charge < -0.3 is 27.8 Å². The molecule has 0 aliphatic carbocycles. The summed E-state index contributed by atoms with van der Waals surface area (Å²) in [6.07, 6.45) is 7.20. The zero-order valence-corrected chi connectivity index (χ0v) is 17.0. The third-order valence-corrected chi connectivity index (χ3v) is 4.73. The molecular formula is C22H34Fe-6. The molecule has 136 valence electrons. The average molecular weight is 354 g/mol. The maximum absolute atomic E-state index is 2.30. The van der Waals surface area contributed by atoms with Crippen molar-refractivity contribution in [2.45, 2.75) is 80.1 Å². The van der Waals surface area contributed by atoms with Gasteiger partial charge in [0.15, 0.2) is 0 Å². The summed E-state index contributed by atoms with van der Waals surface area (Å²) in [5, 5.41) is 0. The first-order valence-corrected chi connectivity index (χ1v) is 9.19. The van der Waals surface area contributed by atoms with Crippen LogP contribution in [0.4, 0.5) is 0 Å². The van der Waals surface area contributed by atoms with E-state index in [4.69, 9.17) is 0 Å². The van der Waals surface area contributed by atoms with E-state index in [0.29, 0.717) is 0 Å². The van der Waals surface area contributed by atoms with Gasteiger partial charge in [-0.1, -0.05) is 48.0 Å². The Kier molecular flexibility index (Phi) is 11.3. The van der Waals surface area contributed by atoms with E-state index in [2.05, 4.69) is 65.8 Å². The van der Waals surface area contributed by atoms with Gasteiger partial charge >= 0.3 is 0 Å². The van der Waals surface area contributed by atoms with E-state index in [1.165, 1.54) is 37.7 Å². The minimum atomic E-state index is 0. The zero-order chi connectivity index (χ0) is 16.5. The maximum Gasteiger partial charge on any atom is 0 e. The van der Waals surface area contributed by atoms with E-state index >= 15 is 0 Å². The fourth-order valence-corrected chi connectivity index (χ4v) is 3.69. The smallest absolute Gasteiger partial charge is 0 e. The van der Waals surface area contributed by atoms with Gasteiger partial charge in [-0.2, -0.15) is 17.7 Å². The third kappa shape index (κ3) is 5.37. The van der Waals surface area contributed by atoms with Gasteiger partial charge in [-0.3, -0.25) is 0 Å². The van der Waals surface area contributed by atoms with E-state index in [1.54, 1.807) is 27.8 Å². The van der Waals surface area contributed by atoms with Crippen LogP contribution < -0.4 is 0 Å². The Labute approximate surface area is 154 Å². The first-order valence-electron chi connectivity index (χ1n) is 9.19. The van der Waals surface area contributed by atoms with Gasteiger partial charge in [0.2, 0.25) is 0 Å². The van der Waals surface area contributed by atoms with Gasteiger partial charge in [0.1, 0.15) is 0 Å². The molecule has 0 amide bonds. The first-order chi connectivity index (χ1) is 10.7. The van der Waals surface area contributed by atoms with E-state index in [1.807, 2.05) is 0 Å². The van der Waals surface area contributed by atoms with Crippen LogP contribution in [0, 0.1) is 0 Å². The van der Waals surface area contributed by atoms with Gasteiger partial charge in [0, 0.05) is 17.1 Å². The Morgan fingerprint density at radius 2 is 0.739 bits per heavy atom. The predicted molar refractivity (Wildman–Crippen MR) is 100 cm³/mol. The van der Waals surface area contributed by atoms with Crippen molar-refractivity contribution >= 4 is 0 Å². The van der Waals surface area contributed by atoms with Crippen LogP contribution in [0.2, 0.25) is 0 Å². The van der Waals surface area contributed by atoms with Crippen LogP contribution in [0.15, 0.2) is 24.3 Å². The monoisotopic (exact) mass is 354 g/mol. The molecule has 0 aliphatic rings. The van der Waals surface area contributed by atoms with E-state index in [0.717, 1.165) is 6.42 Å². The summed E-state index contributed by atoms with van der Waals surface area (Å²) < 4.78 is 0. The summed E-state index contributed by atoms with van der Waals surface area (Å²) in [7, 11) is 0. The van der Waals surface area contributed by atoms with E-state index in [9.17, 15) is 0 Å². The van der Waals surface area contributed by atoms with Crippen molar-refractivity contribution in [1.29, 1.82) is 0 Å². The molecule has 2 rings (SSSR count). The molecule has 0 radical (unpaired) electrons. The van der Waals surface area contributed by atoms with Crippen molar-refractivity contribution in [2.24, 2.45) is 0 Å². The van der Waals surface area contributed by atoms with Gasteiger partial charge in [-0.15, -0.1) is 0 Å². The van der Waals surface area contributed by atoms with Crippen molar-refractivity contribution in [3.05, 3.63) is 57.6 Å². The Bertz CT molecular complexity index is 437. The molecule has 2 aromatic rings. The molecule has 0 bridgehead atoms. The standard InChI is InChI=1S/C15H25.C7H9.Fe/c1-6-11-12(7-2)14(9-4)15(10-5)13(11)8-3;1-2-7-5-3-4-6-7;/h6-10H2,1-5H3;3-6H,2H2,1H3;/q-5;-1;. The predicted octanol–water partition coefficient (Wildman–Crippen LogP) is 6.18. The summed E-state index contributed by atoms with van der Waals surface area (Å²) in [4.78, 5) is 0. The van der Waals surface area contributed by atoms with Crippen LogP contribution in [0.3, 0.4) is 0 Å². The normalized spacial score (nSPS) is 10.0. The molecule has 0 fully saturated rings. The Hall–Kier alpha value is -0.781. The summed E-state index contributed by atoms with van der Waals surface area (Å²) in [6.45, 7) is 13.7. The van der Waals surface area contributed by atoms with Crippen LogP contribution in [0.5, 0.6) is 0 Å². The van der Waals surface area contributed by atoms with Crippen LogP contribution in [0.25, 0.3) is 0 Å². The topological polar surface area (TPSA) is 0 Å². The zero-order valence-electron chi connectivity index (χ0n) is 15.9. The molecule has 23 heavy (non-hydrogen) atoms. The number of hydrogen-bond donors (Lipinski definition) is 0. The van der Waals surface area contributed by atoms with Crippen molar-refractivity contribution in [2.75, 3.05) is 0 Å².